The van der Waals surface area contributed by atoms with E-state index in [1.807, 2.05) is 19.9 Å². The Morgan fingerprint density at radius 2 is 2.04 bits per heavy atom. The van der Waals surface area contributed by atoms with Crippen LogP contribution in [0.25, 0.3) is 5.57 Å². The van der Waals surface area contributed by atoms with Gasteiger partial charge in [-0.15, -0.1) is 0 Å². The molecular weight excluding hydrogens is 314 g/mol. The zero-order chi connectivity index (χ0) is 17.1. The molecule has 2 rings (SSSR count). The van der Waals surface area contributed by atoms with Crippen molar-refractivity contribution in [3.8, 4) is 0 Å². The summed E-state index contributed by atoms with van der Waals surface area (Å²) in [5.41, 5.74) is 7.27. The van der Waals surface area contributed by atoms with E-state index in [0.29, 0.717) is 24.4 Å². The monoisotopic (exact) mass is 339 g/mol. The average Bonchev–Trinajstić information content (AvgIpc) is 3.03. The maximum Gasteiger partial charge on any atom is 0.161 e. The van der Waals surface area contributed by atoms with Gasteiger partial charge < -0.3 is 10.8 Å². The molecule has 0 bridgehead atoms. The maximum atomic E-state index is 12.9. The SMILES string of the molecule is C/C=C(\C)c1nc(N)cc(C2(S(=O)(=O)CCCO)CCCC2)n1. The zero-order valence-electron chi connectivity index (χ0n) is 13.7. The lowest BCUT2D eigenvalue weighted by Crippen LogP contribution is -2.36. The summed E-state index contributed by atoms with van der Waals surface area (Å²) in [4.78, 5) is 8.75. The molecule has 0 aliphatic heterocycles. The van der Waals surface area contributed by atoms with E-state index < -0.39 is 14.6 Å². The number of anilines is 1. The van der Waals surface area contributed by atoms with Crippen LogP contribution in [0.4, 0.5) is 5.82 Å². The zero-order valence-corrected chi connectivity index (χ0v) is 14.6. The first-order valence-electron chi connectivity index (χ1n) is 7.98. The van der Waals surface area contributed by atoms with Gasteiger partial charge in [0.1, 0.15) is 10.6 Å². The first-order valence-corrected chi connectivity index (χ1v) is 9.63. The van der Waals surface area contributed by atoms with Crippen molar-refractivity contribution in [3.05, 3.63) is 23.7 Å². The summed E-state index contributed by atoms with van der Waals surface area (Å²) in [5, 5.41) is 9.00. The highest BCUT2D eigenvalue weighted by molar-refractivity contribution is 7.92. The van der Waals surface area contributed by atoms with Crippen LogP contribution in [0.15, 0.2) is 12.1 Å². The van der Waals surface area contributed by atoms with E-state index in [1.165, 1.54) is 0 Å². The summed E-state index contributed by atoms with van der Waals surface area (Å²) < 4.78 is 24.9. The number of sulfone groups is 1. The Labute approximate surface area is 137 Å². The van der Waals surface area contributed by atoms with E-state index in [0.717, 1.165) is 18.4 Å². The molecule has 0 unspecified atom stereocenters. The van der Waals surface area contributed by atoms with Crippen molar-refractivity contribution in [2.24, 2.45) is 0 Å². The smallest absolute Gasteiger partial charge is 0.161 e. The Bertz CT molecular complexity index is 693. The fourth-order valence-electron chi connectivity index (χ4n) is 3.13. The van der Waals surface area contributed by atoms with Crippen LogP contribution in [-0.2, 0) is 14.6 Å². The molecule has 1 aliphatic rings. The Balaban J connectivity index is 2.56. The quantitative estimate of drug-likeness (QED) is 0.821. The van der Waals surface area contributed by atoms with Gasteiger partial charge in [-0.05, 0) is 38.7 Å². The van der Waals surface area contributed by atoms with Gasteiger partial charge in [0.15, 0.2) is 15.7 Å². The number of nitrogens with zero attached hydrogens (tertiary/aromatic N) is 2. The highest BCUT2D eigenvalue weighted by atomic mass is 32.2. The summed E-state index contributed by atoms with van der Waals surface area (Å²) >= 11 is 0. The topological polar surface area (TPSA) is 106 Å². The second-order valence-corrected chi connectivity index (χ2v) is 8.49. The molecular formula is C16H25N3O3S. The summed E-state index contributed by atoms with van der Waals surface area (Å²) in [6.45, 7) is 3.62. The number of rotatable bonds is 6. The lowest BCUT2D eigenvalue weighted by molar-refractivity contribution is 0.295. The predicted molar refractivity (Wildman–Crippen MR) is 91.4 cm³/mol. The highest BCUT2D eigenvalue weighted by Crippen LogP contribution is 2.45. The van der Waals surface area contributed by atoms with Crippen molar-refractivity contribution in [2.45, 2.75) is 50.7 Å². The molecule has 0 aromatic carbocycles. The first-order chi connectivity index (χ1) is 10.9. The molecule has 23 heavy (non-hydrogen) atoms. The van der Waals surface area contributed by atoms with E-state index in [9.17, 15) is 8.42 Å². The molecule has 1 heterocycles. The van der Waals surface area contributed by atoms with Crippen molar-refractivity contribution >= 4 is 21.2 Å². The predicted octanol–water partition coefficient (Wildman–Crippen LogP) is 2.05. The molecule has 0 spiro atoms. The second-order valence-electron chi connectivity index (χ2n) is 6.07. The minimum atomic E-state index is -3.43. The minimum absolute atomic E-state index is 0.0364. The number of nitrogen functional groups attached to an aromatic ring is 1. The Morgan fingerprint density at radius 3 is 2.61 bits per heavy atom. The standard InChI is InChI=1S/C16H25N3O3S/c1-3-12(2)15-18-13(11-14(17)19-15)16(7-4-5-8-16)23(21,22)10-6-9-20/h3,11,20H,4-10H2,1-2H3,(H2,17,18,19)/b12-3+. The largest absolute Gasteiger partial charge is 0.396 e. The number of aromatic nitrogens is 2. The van der Waals surface area contributed by atoms with Gasteiger partial charge >= 0.3 is 0 Å². The van der Waals surface area contributed by atoms with Crippen LogP contribution in [0, 0.1) is 0 Å². The number of aliphatic hydroxyl groups is 1. The molecule has 6 nitrogen and oxygen atoms in total. The third-order valence-corrected chi connectivity index (χ3v) is 7.21. The lowest BCUT2D eigenvalue weighted by Gasteiger charge is -2.28. The molecule has 1 aromatic heterocycles. The third kappa shape index (κ3) is 3.40. The van der Waals surface area contributed by atoms with Crippen molar-refractivity contribution in [1.82, 2.24) is 9.97 Å². The van der Waals surface area contributed by atoms with E-state index in [2.05, 4.69) is 9.97 Å². The lowest BCUT2D eigenvalue weighted by atomic mass is 10.0. The van der Waals surface area contributed by atoms with Gasteiger partial charge in [0.2, 0.25) is 0 Å². The number of nitrogens with two attached hydrogens (primary N) is 1. The fourth-order valence-corrected chi connectivity index (χ4v) is 5.36. The average molecular weight is 339 g/mol. The van der Waals surface area contributed by atoms with Crippen LogP contribution in [0.1, 0.15) is 57.5 Å². The van der Waals surface area contributed by atoms with Crippen LogP contribution < -0.4 is 5.73 Å². The molecule has 0 radical (unpaired) electrons. The first kappa shape index (κ1) is 17.9. The molecule has 128 valence electrons. The van der Waals surface area contributed by atoms with Crippen molar-refractivity contribution in [2.75, 3.05) is 18.1 Å². The molecule has 0 saturated heterocycles. The highest BCUT2D eigenvalue weighted by Gasteiger charge is 2.48. The number of aliphatic hydroxyl groups excluding tert-OH is 1. The normalized spacial score (nSPS) is 18.3. The van der Waals surface area contributed by atoms with Gasteiger partial charge in [0.25, 0.3) is 0 Å². The molecule has 1 fully saturated rings. The molecule has 1 aromatic rings. The molecule has 1 aliphatic carbocycles. The van der Waals surface area contributed by atoms with E-state index in [-0.39, 0.29) is 24.6 Å². The molecule has 0 amide bonds. The Kier molecular flexibility index (Phi) is 5.41. The van der Waals surface area contributed by atoms with Gasteiger partial charge in [0, 0.05) is 12.7 Å². The third-order valence-electron chi connectivity index (χ3n) is 4.58. The minimum Gasteiger partial charge on any atom is -0.396 e. The second kappa shape index (κ2) is 6.97. The van der Waals surface area contributed by atoms with E-state index in [4.69, 9.17) is 10.8 Å². The molecule has 3 N–H and O–H groups in total. The summed E-state index contributed by atoms with van der Waals surface area (Å²) in [5.74, 6) is 0.728. The fraction of sp³-hybridized carbons (Fsp3) is 0.625. The van der Waals surface area contributed by atoms with Gasteiger partial charge in [-0.2, -0.15) is 0 Å². The molecule has 0 atom stereocenters. The van der Waals surface area contributed by atoms with Crippen LogP contribution in [0.2, 0.25) is 0 Å². The van der Waals surface area contributed by atoms with Crippen LogP contribution in [0.3, 0.4) is 0 Å². The summed E-state index contributed by atoms with van der Waals surface area (Å²) in [6.07, 6.45) is 4.91. The van der Waals surface area contributed by atoms with Gasteiger partial charge in [0.05, 0.1) is 11.4 Å². The number of hydrogen-bond donors (Lipinski definition) is 2. The van der Waals surface area contributed by atoms with Crippen LogP contribution >= 0.6 is 0 Å². The summed E-state index contributed by atoms with van der Waals surface area (Å²) in [7, 11) is -3.43. The van der Waals surface area contributed by atoms with Crippen molar-refractivity contribution < 1.29 is 13.5 Å². The Morgan fingerprint density at radius 1 is 1.39 bits per heavy atom. The molecule has 1 saturated carbocycles. The van der Waals surface area contributed by atoms with Crippen molar-refractivity contribution in [3.63, 3.8) is 0 Å². The van der Waals surface area contributed by atoms with Crippen molar-refractivity contribution in [1.29, 1.82) is 0 Å². The number of hydrogen-bond acceptors (Lipinski definition) is 6. The van der Waals surface area contributed by atoms with Crippen LogP contribution in [-0.4, -0.2) is 35.9 Å². The van der Waals surface area contributed by atoms with E-state index in [1.54, 1.807) is 6.07 Å². The van der Waals surface area contributed by atoms with Gasteiger partial charge in [-0.1, -0.05) is 18.9 Å². The molecule has 7 heteroatoms. The number of allylic oxidation sites excluding steroid dienone is 2. The van der Waals surface area contributed by atoms with E-state index >= 15 is 0 Å². The maximum absolute atomic E-state index is 12.9. The van der Waals surface area contributed by atoms with Crippen LogP contribution in [0.5, 0.6) is 0 Å². The van der Waals surface area contributed by atoms with Gasteiger partial charge in [-0.25, -0.2) is 18.4 Å². The summed E-state index contributed by atoms with van der Waals surface area (Å²) in [6, 6.07) is 1.59. The Hall–Kier alpha value is -1.47. The van der Waals surface area contributed by atoms with Gasteiger partial charge in [-0.3, -0.25) is 0 Å².